The van der Waals surface area contributed by atoms with E-state index in [1.165, 1.54) is 0 Å². The van der Waals surface area contributed by atoms with Gasteiger partial charge in [0.25, 0.3) is 0 Å². The Labute approximate surface area is 95.0 Å². The summed E-state index contributed by atoms with van der Waals surface area (Å²) in [4.78, 5) is 2.34. The van der Waals surface area contributed by atoms with Crippen LogP contribution in [-0.2, 0) is 4.74 Å². The van der Waals surface area contributed by atoms with Crippen LogP contribution in [0.4, 0.5) is 0 Å². The summed E-state index contributed by atoms with van der Waals surface area (Å²) >= 11 is 0. The van der Waals surface area contributed by atoms with E-state index in [1.807, 2.05) is 6.92 Å². The van der Waals surface area contributed by atoms with E-state index in [-0.39, 0.29) is 5.54 Å². The van der Waals surface area contributed by atoms with Crippen molar-refractivity contribution in [1.29, 1.82) is 0 Å². The van der Waals surface area contributed by atoms with Crippen molar-refractivity contribution in [2.75, 3.05) is 26.8 Å². The fourth-order valence-electron chi connectivity index (χ4n) is 1.57. The van der Waals surface area contributed by atoms with Crippen molar-refractivity contribution in [3.05, 3.63) is 0 Å². The normalized spacial score (nSPS) is 18.2. The molecule has 0 heterocycles. The molecule has 0 aromatic rings. The van der Waals surface area contributed by atoms with E-state index in [1.54, 1.807) is 0 Å². The maximum Gasteiger partial charge on any atom is 0.0659 e. The second-order valence-corrected chi connectivity index (χ2v) is 4.93. The van der Waals surface area contributed by atoms with Crippen LogP contribution in [0.25, 0.3) is 0 Å². The standard InChI is InChI=1S/C12H28N2O/c1-7-15-9-12(5,8-13)14(6)11(4)10(2)3/h10-11H,7-9,13H2,1-6H3. The summed E-state index contributed by atoms with van der Waals surface area (Å²) in [7, 11) is 2.14. The molecule has 0 fully saturated rings. The highest BCUT2D eigenvalue weighted by atomic mass is 16.5. The van der Waals surface area contributed by atoms with E-state index in [0.717, 1.165) is 6.61 Å². The molecule has 0 aliphatic carbocycles. The summed E-state index contributed by atoms with van der Waals surface area (Å²) in [5.74, 6) is 0.627. The largest absolute Gasteiger partial charge is 0.380 e. The molecule has 0 aromatic carbocycles. The first-order valence-corrected chi connectivity index (χ1v) is 5.89. The lowest BCUT2D eigenvalue weighted by Gasteiger charge is -2.43. The lowest BCUT2D eigenvalue weighted by Crippen LogP contribution is -2.57. The minimum Gasteiger partial charge on any atom is -0.380 e. The van der Waals surface area contributed by atoms with E-state index < -0.39 is 0 Å². The molecule has 0 amide bonds. The van der Waals surface area contributed by atoms with E-state index in [9.17, 15) is 0 Å². The summed E-state index contributed by atoms with van der Waals surface area (Å²) in [5.41, 5.74) is 5.81. The summed E-state index contributed by atoms with van der Waals surface area (Å²) in [6, 6.07) is 0.513. The summed E-state index contributed by atoms with van der Waals surface area (Å²) < 4.78 is 5.52. The van der Waals surface area contributed by atoms with Crippen molar-refractivity contribution < 1.29 is 4.74 Å². The lowest BCUT2D eigenvalue weighted by atomic mass is 9.95. The Morgan fingerprint density at radius 3 is 2.20 bits per heavy atom. The van der Waals surface area contributed by atoms with Crippen LogP contribution in [0.3, 0.4) is 0 Å². The van der Waals surface area contributed by atoms with Crippen LogP contribution in [0.2, 0.25) is 0 Å². The third-order valence-corrected chi connectivity index (χ3v) is 3.48. The molecule has 0 bridgehead atoms. The van der Waals surface area contributed by atoms with Crippen molar-refractivity contribution in [2.24, 2.45) is 11.7 Å². The third-order valence-electron chi connectivity index (χ3n) is 3.48. The van der Waals surface area contributed by atoms with Crippen LogP contribution in [0.5, 0.6) is 0 Å². The Kier molecular flexibility index (Phi) is 6.41. The van der Waals surface area contributed by atoms with Crippen LogP contribution in [0.1, 0.15) is 34.6 Å². The van der Waals surface area contributed by atoms with Crippen molar-refractivity contribution in [3.8, 4) is 0 Å². The van der Waals surface area contributed by atoms with Gasteiger partial charge in [0.2, 0.25) is 0 Å². The van der Waals surface area contributed by atoms with Gasteiger partial charge in [0.1, 0.15) is 0 Å². The van der Waals surface area contributed by atoms with Crippen molar-refractivity contribution in [2.45, 2.75) is 46.2 Å². The first kappa shape index (κ1) is 14.9. The predicted octanol–water partition coefficient (Wildman–Crippen LogP) is 1.72. The van der Waals surface area contributed by atoms with Crippen LogP contribution in [0.15, 0.2) is 0 Å². The molecular weight excluding hydrogens is 188 g/mol. The number of nitrogens with two attached hydrogens (primary N) is 1. The van der Waals surface area contributed by atoms with Crippen LogP contribution >= 0.6 is 0 Å². The van der Waals surface area contributed by atoms with Gasteiger partial charge in [-0.05, 0) is 33.7 Å². The van der Waals surface area contributed by atoms with Gasteiger partial charge in [-0.15, -0.1) is 0 Å². The van der Waals surface area contributed by atoms with Gasteiger partial charge < -0.3 is 10.5 Å². The Balaban J connectivity index is 4.48. The maximum absolute atomic E-state index is 5.86. The van der Waals surface area contributed by atoms with Crippen LogP contribution in [-0.4, -0.2) is 43.3 Å². The quantitative estimate of drug-likeness (QED) is 0.704. The number of ether oxygens (including phenoxy) is 1. The van der Waals surface area contributed by atoms with Crippen LogP contribution < -0.4 is 5.73 Å². The van der Waals surface area contributed by atoms with Crippen molar-refractivity contribution in [3.63, 3.8) is 0 Å². The minimum absolute atomic E-state index is 0.0559. The highest BCUT2D eigenvalue weighted by Crippen LogP contribution is 2.19. The zero-order valence-corrected chi connectivity index (χ0v) is 11.2. The highest BCUT2D eigenvalue weighted by molar-refractivity contribution is 4.89. The van der Waals surface area contributed by atoms with Gasteiger partial charge in [0.15, 0.2) is 0 Å². The molecule has 0 aromatic heterocycles. The Bertz CT molecular complexity index is 173. The zero-order valence-electron chi connectivity index (χ0n) is 11.2. The Hall–Kier alpha value is -0.120. The van der Waals surface area contributed by atoms with Gasteiger partial charge in [-0.1, -0.05) is 13.8 Å². The van der Waals surface area contributed by atoms with Crippen molar-refractivity contribution >= 4 is 0 Å². The van der Waals surface area contributed by atoms with Gasteiger partial charge in [-0.2, -0.15) is 0 Å². The Morgan fingerprint density at radius 2 is 1.87 bits per heavy atom. The molecule has 2 unspecified atom stereocenters. The topological polar surface area (TPSA) is 38.5 Å². The molecule has 2 atom stereocenters. The molecule has 92 valence electrons. The average Bonchev–Trinajstić information content (AvgIpc) is 2.23. The van der Waals surface area contributed by atoms with Gasteiger partial charge in [-0.25, -0.2) is 0 Å². The maximum atomic E-state index is 5.86. The monoisotopic (exact) mass is 216 g/mol. The number of hydrogen-bond donors (Lipinski definition) is 1. The molecule has 0 rings (SSSR count). The second kappa shape index (κ2) is 6.46. The fourth-order valence-corrected chi connectivity index (χ4v) is 1.57. The molecule has 0 aliphatic heterocycles. The van der Waals surface area contributed by atoms with Crippen molar-refractivity contribution in [1.82, 2.24) is 4.90 Å². The number of likely N-dealkylation sites (N-methyl/N-ethyl adjacent to an activating group) is 1. The zero-order chi connectivity index (χ0) is 12.1. The molecule has 0 spiro atoms. The van der Waals surface area contributed by atoms with Gasteiger partial charge in [-0.3, -0.25) is 4.90 Å². The van der Waals surface area contributed by atoms with Crippen LogP contribution in [0, 0.1) is 5.92 Å². The average molecular weight is 216 g/mol. The molecule has 0 saturated heterocycles. The Morgan fingerprint density at radius 1 is 1.33 bits per heavy atom. The van der Waals surface area contributed by atoms with E-state index >= 15 is 0 Å². The molecule has 15 heavy (non-hydrogen) atoms. The SMILES string of the molecule is CCOCC(C)(CN)N(C)C(C)C(C)C. The van der Waals surface area contributed by atoms with Gasteiger partial charge in [0.05, 0.1) is 12.1 Å². The fraction of sp³-hybridized carbons (Fsp3) is 1.00. The molecule has 2 N–H and O–H groups in total. The minimum atomic E-state index is -0.0559. The molecule has 0 aliphatic rings. The van der Waals surface area contributed by atoms with Gasteiger partial charge in [0, 0.05) is 19.2 Å². The summed E-state index contributed by atoms with van der Waals surface area (Å²) in [6.45, 7) is 13.0. The molecule has 3 heteroatoms. The number of rotatable bonds is 7. The molecular formula is C12H28N2O. The van der Waals surface area contributed by atoms with E-state index in [4.69, 9.17) is 10.5 Å². The molecule has 0 radical (unpaired) electrons. The third kappa shape index (κ3) is 4.09. The predicted molar refractivity (Wildman–Crippen MR) is 66.0 cm³/mol. The summed E-state index contributed by atoms with van der Waals surface area (Å²) in [5, 5.41) is 0. The summed E-state index contributed by atoms with van der Waals surface area (Å²) in [6.07, 6.45) is 0. The van der Waals surface area contributed by atoms with E-state index in [0.29, 0.717) is 25.1 Å². The first-order valence-electron chi connectivity index (χ1n) is 5.89. The lowest BCUT2D eigenvalue weighted by molar-refractivity contribution is -0.00351. The highest BCUT2D eigenvalue weighted by Gasteiger charge is 2.32. The molecule has 3 nitrogen and oxygen atoms in total. The second-order valence-electron chi connectivity index (χ2n) is 4.93. The van der Waals surface area contributed by atoms with Gasteiger partial charge >= 0.3 is 0 Å². The van der Waals surface area contributed by atoms with E-state index in [2.05, 4.69) is 39.6 Å². The number of nitrogens with zero attached hydrogens (tertiary/aromatic N) is 1. The smallest absolute Gasteiger partial charge is 0.0659 e. The first-order chi connectivity index (χ1) is 6.89. The molecule has 0 saturated carbocycles. The number of hydrogen-bond acceptors (Lipinski definition) is 3.